The number of nitro benzene ring substituents is 1. The molecule has 0 spiro atoms. The first kappa shape index (κ1) is 20.0. The number of rotatable bonds is 7. The van der Waals surface area contributed by atoms with Gasteiger partial charge in [-0.2, -0.15) is 0 Å². The minimum Gasteiger partial charge on any atom is -0.449 e. The van der Waals surface area contributed by atoms with Gasteiger partial charge >= 0.3 is 5.97 Å². The Hall–Kier alpha value is -3.75. The lowest BCUT2D eigenvalue weighted by molar-refractivity contribution is -0.383. The molecule has 0 saturated heterocycles. The summed E-state index contributed by atoms with van der Waals surface area (Å²) in [5.74, 6) is -1.39. The maximum Gasteiger partial charge on any atom is 0.338 e. The summed E-state index contributed by atoms with van der Waals surface area (Å²) in [7, 11) is 0. The highest BCUT2D eigenvalue weighted by Crippen LogP contribution is 2.30. The highest BCUT2D eigenvalue weighted by Gasteiger charge is 2.29. The first-order chi connectivity index (χ1) is 13.8. The van der Waals surface area contributed by atoms with E-state index in [0.29, 0.717) is 5.69 Å². The molecule has 2 aromatic rings. The summed E-state index contributed by atoms with van der Waals surface area (Å²) >= 11 is 0. The minimum absolute atomic E-state index is 0.0150. The summed E-state index contributed by atoms with van der Waals surface area (Å²) in [5, 5.41) is 16.2. The molecule has 0 bridgehead atoms. The second-order valence-electron chi connectivity index (χ2n) is 6.65. The van der Waals surface area contributed by atoms with Crippen LogP contribution in [-0.2, 0) is 14.3 Å². The molecule has 0 heterocycles. The van der Waals surface area contributed by atoms with Crippen molar-refractivity contribution < 1.29 is 24.0 Å². The lowest BCUT2D eigenvalue weighted by Crippen LogP contribution is -2.30. The second-order valence-corrected chi connectivity index (χ2v) is 6.65. The van der Waals surface area contributed by atoms with Crippen LogP contribution in [0.3, 0.4) is 0 Å². The van der Waals surface area contributed by atoms with Gasteiger partial charge in [0.25, 0.3) is 11.6 Å². The van der Waals surface area contributed by atoms with Crippen molar-refractivity contribution in [2.75, 3.05) is 10.6 Å². The van der Waals surface area contributed by atoms with Crippen LogP contribution in [0.4, 0.5) is 17.1 Å². The van der Waals surface area contributed by atoms with Crippen LogP contribution in [-0.4, -0.2) is 28.8 Å². The van der Waals surface area contributed by atoms with Crippen molar-refractivity contribution in [3.63, 3.8) is 0 Å². The van der Waals surface area contributed by atoms with E-state index in [1.807, 2.05) is 0 Å². The molecule has 2 amide bonds. The van der Waals surface area contributed by atoms with Gasteiger partial charge in [0, 0.05) is 17.7 Å². The maximum atomic E-state index is 12.2. The van der Waals surface area contributed by atoms with E-state index in [0.717, 1.165) is 12.8 Å². The summed E-state index contributed by atoms with van der Waals surface area (Å²) < 4.78 is 5.13. The molecule has 2 aromatic carbocycles. The fourth-order valence-corrected chi connectivity index (χ4v) is 2.53. The molecule has 1 saturated carbocycles. The first-order valence-electron chi connectivity index (χ1n) is 9.01. The molecule has 9 heteroatoms. The average Bonchev–Trinajstić information content (AvgIpc) is 3.54. The number of nitrogens with zero attached hydrogens (tertiary/aromatic N) is 1. The van der Waals surface area contributed by atoms with Gasteiger partial charge in [0.15, 0.2) is 6.10 Å². The van der Waals surface area contributed by atoms with E-state index in [4.69, 9.17) is 4.74 Å². The van der Waals surface area contributed by atoms with Gasteiger partial charge in [-0.3, -0.25) is 19.7 Å². The Balaban J connectivity index is 1.57. The van der Waals surface area contributed by atoms with E-state index in [1.165, 1.54) is 37.3 Å². The van der Waals surface area contributed by atoms with E-state index in [1.54, 1.807) is 18.2 Å². The number of esters is 1. The minimum atomic E-state index is -1.17. The molecule has 29 heavy (non-hydrogen) atoms. The summed E-state index contributed by atoms with van der Waals surface area (Å²) in [6, 6.07) is 11.8. The fourth-order valence-electron chi connectivity index (χ4n) is 2.53. The number of carbonyl (C=O) groups is 3. The number of hydrogen-bond acceptors (Lipinski definition) is 6. The van der Waals surface area contributed by atoms with Crippen molar-refractivity contribution in [2.24, 2.45) is 5.92 Å². The first-order valence-corrected chi connectivity index (χ1v) is 9.01. The second kappa shape index (κ2) is 8.51. The number of ether oxygens (including phenoxy) is 1. The monoisotopic (exact) mass is 397 g/mol. The third-order valence-electron chi connectivity index (χ3n) is 4.35. The summed E-state index contributed by atoms with van der Waals surface area (Å²) in [6.45, 7) is 1.37. The van der Waals surface area contributed by atoms with Crippen LogP contribution in [0.25, 0.3) is 0 Å². The Morgan fingerprint density at radius 1 is 1.07 bits per heavy atom. The van der Waals surface area contributed by atoms with Gasteiger partial charge < -0.3 is 15.4 Å². The quantitative estimate of drug-likeness (QED) is 0.420. The number of hydrogen-bond donors (Lipinski definition) is 2. The van der Waals surface area contributed by atoms with Gasteiger partial charge in [-0.05, 0) is 50.1 Å². The summed E-state index contributed by atoms with van der Waals surface area (Å²) in [4.78, 5) is 46.6. The van der Waals surface area contributed by atoms with Crippen molar-refractivity contribution in [3.05, 3.63) is 64.2 Å². The predicted molar refractivity (Wildman–Crippen MR) is 104 cm³/mol. The van der Waals surface area contributed by atoms with E-state index >= 15 is 0 Å². The summed E-state index contributed by atoms with van der Waals surface area (Å²) in [6.07, 6.45) is 0.613. The lowest BCUT2D eigenvalue weighted by Gasteiger charge is -2.14. The number of para-hydroxylation sites is 2. The largest absolute Gasteiger partial charge is 0.449 e. The fraction of sp³-hybridized carbons (Fsp3) is 0.250. The lowest BCUT2D eigenvalue weighted by atomic mass is 10.2. The predicted octanol–water partition coefficient (Wildman–Crippen LogP) is 3.13. The van der Waals surface area contributed by atoms with E-state index in [2.05, 4.69) is 10.6 Å². The van der Waals surface area contributed by atoms with Crippen LogP contribution >= 0.6 is 0 Å². The molecule has 3 rings (SSSR count). The third kappa shape index (κ3) is 5.16. The number of benzene rings is 2. The molecular weight excluding hydrogens is 378 g/mol. The smallest absolute Gasteiger partial charge is 0.338 e. The Morgan fingerprint density at radius 3 is 2.34 bits per heavy atom. The van der Waals surface area contributed by atoms with E-state index in [-0.39, 0.29) is 28.8 Å². The van der Waals surface area contributed by atoms with Crippen molar-refractivity contribution in [1.82, 2.24) is 0 Å². The van der Waals surface area contributed by atoms with Crippen LogP contribution in [0.2, 0.25) is 0 Å². The van der Waals surface area contributed by atoms with Gasteiger partial charge in [-0.25, -0.2) is 4.79 Å². The van der Waals surface area contributed by atoms with Crippen LogP contribution in [0.1, 0.15) is 30.1 Å². The van der Waals surface area contributed by atoms with Crippen LogP contribution < -0.4 is 10.6 Å². The molecular formula is C20H19N3O6. The number of anilines is 2. The zero-order valence-electron chi connectivity index (χ0n) is 15.6. The number of carbonyl (C=O) groups excluding carboxylic acids is 3. The van der Waals surface area contributed by atoms with E-state index < -0.39 is 22.9 Å². The zero-order chi connectivity index (χ0) is 21.0. The number of nitro groups is 1. The van der Waals surface area contributed by atoms with Crippen molar-refractivity contribution >= 4 is 34.8 Å². The van der Waals surface area contributed by atoms with Gasteiger partial charge in [0.2, 0.25) is 5.91 Å². The van der Waals surface area contributed by atoms with Crippen molar-refractivity contribution in [2.45, 2.75) is 25.9 Å². The Labute approximate surface area is 166 Å². The molecule has 2 N–H and O–H groups in total. The van der Waals surface area contributed by atoms with Gasteiger partial charge in [-0.1, -0.05) is 12.1 Å². The normalized spacial score (nSPS) is 13.8. The molecule has 0 radical (unpaired) electrons. The van der Waals surface area contributed by atoms with Crippen molar-refractivity contribution in [1.29, 1.82) is 0 Å². The highest BCUT2D eigenvalue weighted by molar-refractivity contribution is 5.99. The van der Waals surface area contributed by atoms with Gasteiger partial charge in [-0.15, -0.1) is 0 Å². The SMILES string of the molecule is C[C@H](OC(=O)c1ccc(NC(=O)C2CC2)cc1)C(=O)Nc1ccccc1[N+](=O)[O-]. The molecule has 0 aliphatic heterocycles. The average molecular weight is 397 g/mol. The van der Waals surface area contributed by atoms with Crippen molar-refractivity contribution in [3.8, 4) is 0 Å². The van der Waals surface area contributed by atoms with Crippen LogP contribution in [0.15, 0.2) is 48.5 Å². The van der Waals surface area contributed by atoms with E-state index in [9.17, 15) is 24.5 Å². The topological polar surface area (TPSA) is 128 Å². The number of amides is 2. The molecule has 1 aliphatic rings. The zero-order valence-corrected chi connectivity index (χ0v) is 15.6. The maximum absolute atomic E-state index is 12.2. The molecule has 150 valence electrons. The highest BCUT2D eigenvalue weighted by atomic mass is 16.6. The van der Waals surface area contributed by atoms with Gasteiger partial charge in [0.1, 0.15) is 5.69 Å². The Kier molecular flexibility index (Phi) is 5.87. The molecule has 9 nitrogen and oxygen atoms in total. The third-order valence-corrected chi connectivity index (χ3v) is 4.35. The molecule has 0 unspecified atom stereocenters. The van der Waals surface area contributed by atoms with Crippen LogP contribution in [0.5, 0.6) is 0 Å². The Bertz CT molecular complexity index is 953. The number of nitrogens with one attached hydrogen (secondary N) is 2. The molecule has 1 aliphatic carbocycles. The molecule has 0 aromatic heterocycles. The molecule has 1 atom stereocenters. The summed E-state index contributed by atoms with van der Waals surface area (Å²) in [5.41, 5.74) is 0.532. The Morgan fingerprint density at radius 2 is 1.72 bits per heavy atom. The molecule has 1 fully saturated rings. The standard InChI is InChI=1S/C20H19N3O6/c1-12(18(24)22-16-4-2-3-5-17(16)23(27)28)29-20(26)14-8-10-15(11-9-14)21-19(25)13-6-7-13/h2-5,8-13H,6-7H2,1H3,(H,21,25)(H,22,24)/t12-/m0/s1. The van der Waals surface area contributed by atoms with Gasteiger partial charge in [0.05, 0.1) is 10.5 Å². The van der Waals surface area contributed by atoms with Crippen LogP contribution in [0, 0.1) is 16.0 Å².